The van der Waals surface area contributed by atoms with E-state index >= 15 is 0 Å². The Hall–Kier alpha value is -2.47. The lowest BCUT2D eigenvalue weighted by Gasteiger charge is -2.40. The van der Waals surface area contributed by atoms with Crippen LogP contribution in [0.4, 0.5) is 10.2 Å². The van der Waals surface area contributed by atoms with Gasteiger partial charge in [0.2, 0.25) is 0 Å². The van der Waals surface area contributed by atoms with Gasteiger partial charge in [-0.2, -0.15) is 0 Å². The number of carbonyl (C=O) groups excluding carboxylic acids is 1. The molecule has 2 saturated heterocycles. The van der Waals surface area contributed by atoms with Crippen LogP contribution in [0.2, 0.25) is 0 Å². The number of hydrogen-bond acceptors (Lipinski definition) is 4. The van der Waals surface area contributed by atoms with Gasteiger partial charge in [-0.3, -0.25) is 9.69 Å². The van der Waals surface area contributed by atoms with E-state index in [1.807, 2.05) is 12.1 Å². The first-order valence-corrected chi connectivity index (χ1v) is 9.52. The Kier molecular flexibility index (Phi) is 4.83. The molecule has 3 heterocycles. The maximum absolute atomic E-state index is 14.0. The number of primary amides is 1. The van der Waals surface area contributed by atoms with Crippen LogP contribution in [0.15, 0.2) is 42.6 Å². The minimum Gasteiger partial charge on any atom is -0.365 e. The quantitative estimate of drug-likeness (QED) is 0.901. The van der Waals surface area contributed by atoms with Gasteiger partial charge in [0, 0.05) is 43.4 Å². The Morgan fingerprint density at radius 2 is 2.00 bits per heavy atom. The van der Waals surface area contributed by atoms with Crippen LogP contribution in [-0.2, 0) is 6.54 Å². The Morgan fingerprint density at radius 1 is 1.15 bits per heavy atom. The van der Waals surface area contributed by atoms with Crippen LogP contribution in [0.5, 0.6) is 0 Å². The van der Waals surface area contributed by atoms with Crippen LogP contribution in [0.3, 0.4) is 0 Å². The molecular weight excluding hydrogens is 343 g/mol. The summed E-state index contributed by atoms with van der Waals surface area (Å²) in [5.74, 6) is 0.113. The number of rotatable bonds is 4. The summed E-state index contributed by atoms with van der Waals surface area (Å²) in [5, 5.41) is 0. The Morgan fingerprint density at radius 3 is 2.81 bits per heavy atom. The van der Waals surface area contributed by atoms with E-state index in [2.05, 4.69) is 14.8 Å². The van der Waals surface area contributed by atoms with Crippen molar-refractivity contribution in [3.05, 3.63) is 59.5 Å². The lowest BCUT2D eigenvalue weighted by atomic mass is 9.79. The highest BCUT2D eigenvalue weighted by Gasteiger charge is 2.42. The topological polar surface area (TPSA) is 62.5 Å². The number of nitrogens with zero attached hydrogens (tertiary/aromatic N) is 3. The normalized spacial score (nSPS) is 23.1. The van der Waals surface area contributed by atoms with Crippen LogP contribution in [0.25, 0.3) is 0 Å². The summed E-state index contributed by atoms with van der Waals surface area (Å²) in [7, 11) is 0. The van der Waals surface area contributed by atoms with E-state index in [1.165, 1.54) is 6.07 Å². The zero-order chi connectivity index (χ0) is 18.9. The maximum atomic E-state index is 14.0. The number of amides is 1. The smallest absolute Gasteiger partial charge is 0.252 e. The predicted molar refractivity (Wildman–Crippen MR) is 103 cm³/mol. The molecule has 1 aromatic heterocycles. The average molecular weight is 368 g/mol. The molecule has 0 radical (unpaired) electrons. The molecule has 2 N–H and O–H groups in total. The summed E-state index contributed by atoms with van der Waals surface area (Å²) >= 11 is 0. The number of likely N-dealkylation sites (tertiary alicyclic amines) is 1. The van der Waals surface area contributed by atoms with Crippen molar-refractivity contribution in [1.29, 1.82) is 0 Å². The third kappa shape index (κ3) is 3.67. The average Bonchev–Trinajstić information content (AvgIpc) is 3.07. The number of benzene rings is 1. The Labute approximate surface area is 159 Å². The molecule has 0 aliphatic carbocycles. The molecule has 2 aliphatic rings. The van der Waals surface area contributed by atoms with Crippen LogP contribution < -0.4 is 10.6 Å². The molecule has 6 heteroatoms. The van der Waals surface area contributed by atoms with Gasteiger partial charge >= 0.3 is 0 Å². The van der Waals surface area contributed by atoms with E-state index in [9.17, 15) is 9.18 Å². The first-order chi connectivity index (χ1) is 13.1. The van der Waals surface area contributed by atoms with Crippen LogP contribution in [0.1, 0.15) is 35.2 Å². The third-order valence-corrected chi connectivity index (χ3v) is 5.88. The van der Waals surface area contributed by atoms with Crippen LogP contribution >= 0.6 is 0 Å². The van der Waals surface area contributed by atoms with Gasteiger partial charge in [-0.15, -0.1) is 0 Å². The van der Waals surface area contributed by atoms with E-state index in [4.69, 9.17) is 5.73 Å². The van der Waals surface area contributed by atoms with Gasteiger partial charge < -0.3 is 10.6 Å². The minimum atomic E-state index is -0.441. The summed E-state index contributed by atoms with van der Waals surface area (Å²) < 4.78 is 14.0. The van der Waals surface area contributed by atoms with Crippen molar-refractivity contribution in [2.75, 3.05) is 31.1 Å². The van der Waals surface area contributed by atoms with E-state index in [1.54, 1.807) is 24.4 Å². The fourth-order valence-corrected chi connectivity index (χ4v) is 4.60. The van der Waals surface area contributed by atoms with Gasteiger partial charge in [-0.1, -0.05) is 18.2 Å². The van der Waals surface area contributed by atoms with Gasteiger partial charge in [0.05, 0.1) is 5.56 Å². The SMILES string of the molecule is NC(=O)c1cccnc1N1CC[C@]2(CCCN(Cc3ccccc3F)C2)C1. The second-order valence-electron chi connectivity index (χ2n) is 7.82. The Balaban J connectivity index is 1.48. The molecule has 0 saturated carbocycles. The fraction of sp³-hybridized carbons (Fsp3) is 0.429. The molecule has 2 aromatic rings. The van der Waals surface area contributed by atoms with Gasteiger partial charge in [0.25, 0.3) is 5.91 Å². The molecule has 27 heavy (non-hydrogen) atoms. The lowest BCUT2D eigenvalue weighted by Crippen LogP contribution is -2.44. The zero-order valence-electron chi connectivity index (χ0n) is 15.4. The number of carbonyl (C=O) groups is 1. The van der Waals surface area contributed by atoms with Crippen molar-refractivity contribution in [2.24, 2.45) is 11.1 Å². The van der Waals surface area contributed by atoms with Crippen molar-refractivity contribution < 1.29 is 9.18 Å². The summed E-state index contributed by atoms with van der Waals surface area (Å²) in [5.41, 5.74) is 6.92. The molecule has 2 aliphatic heterocycles. The number of pyridine rings is 1. The monoisotopic (exact) mass is 368 g/mol. The van der Waals surface area contributed by atoms with E-state index in [0.717, 1.165) is 51.0 Å². The number of piperidine rings is 1. The van der Waals surface area contributed by atoms with Gasteiger partial charge in [0.15, 0.2) is 0 Å². The van der Waals surface area contributed by atoms with Crippen LogP contribution in [0, 0.1) is 11.2 Å². The van der Waals surface area contributed by atoms with Gasteiger partial charge in [-0.25, -0.2) is 9.37 Å². The van der Waals surface area contributed by atoms with E-state index in [-0.39, 0.29) is 11.2 Å². The number of aromatic nitrogens is 1. The molecule has 1 atom stereocenters. The summed E-state index contributed by atoms with van der Waals surface area (Å²) in [6.07, 6.45) is 5.01. The number of anilines is 1. The molecule has 2 fully saturated rings. The highest BCUT2D eigenvalue weighted by molar-refractivity contribution is 5.97. The second kappa shape index (κ2) is 7.27. The van der Waals surface area contributed by atoms with Gasteiger partial charge in [0.1, 0.15) is 11.6 Å². The summed E-state index contributed by atoms with van der Waals surface area (Å²) in [6.45, 7) is 4.30. The maximum Gasteiger partial charge on any atom is 0.252 e. The molecule has 0 bridgehead atoms. The van der Waals surface area contributed by atoms with E-state index in [0.29, 0.717) is 17.9 Å². The Bertz CT molecular complexity index is 842. The second-order valence-corrected chi connectivity index (χ2v) is 7.82. The highest BCUT2D eigenvalue weighted by atomic mass is 19.1. The highest BCUT2D eigenvalue weighted by Crippen LogP contribution is 2.41. The van der Waals surface area contributed by atoms with E-state index < -0.39 is 5.91 Å². The van der Waals surface area contributed by atoms with Crippen molar-refractivity contribution in [1.82, 2.24) is 9.88 Å². The van der Waals surface area contributed by atoms with Crippen molar-refractivity contribution in [3.63, 3.8) is 0 Å². The molecular formula is C21H25FN4O. The molecule has 1 amide bonds. The predicted octanol–water partition coefficient (Wildman–Crippen LogP) is 2.81. The first kappa shape index (κ1) is 17.9. The largest absolute Gasteiger partial charge is 0.365 e. The summed E-state index contributed by atoms with van der Waals surface area (Å²) in [6, 6.07) is 10.5. The van der Waals surface area contributed by atoms with Crippen molar-refractivity contribution in [2.45, 2.75) is 25.8 Å². The molecule has 142 valence electrons. The lowest BCUT2D eigenvalue weighted by molar-refractivity contribution is 0.0978. The molecule has 1 aromatic carbocycles. The minimum absolute atomic E-state index is 0.134. The molecule has 4 rings (SSSR count). The zero-order valence-corrected chi connectivity index (χ0v) is 15.4. The third-order valence-electron chi connectivity index (χ3n) is 5.88. The number of nitrogens with two attached hydrogens (primary N) is 1. The standard InChI is InChI=1S/C21H25FN4O/c22-18-7-2-1-5-16(18)13-25-11-4-8-21(14-25)9-12-26(15-21)20-17(19(23)27)6-3-10-24-20/h1-3,5-7,10H,4,8-9,11-15H2,(H2,23,27)/t21-/m0/s1. The number of hydrogen-bond donors (Lipinski definition) is 1. The molecule has 0 unspecified atom stereocenters. The van der Waals surface area contributed by atoms with Crippen LogP contribution in [-0.4, -0.2) is 42.0 Å². The number of halogens is 1. The molecule has 1 spiro atoms. The first-order valence-electron chi connectivity index (χ1n) is 9.52. The van der Waals surface area contributed by atoms with Crippen molar-refractivity contribution >= 4 is 11.7 Å². The molecule has 5 nitrogen and oxygen atoms in total. The van der Waals surface area contributed by atoms with Crippen molar-refractivity contribution in [3.8, 4) is 0 Å². The summed E-state index contributed by atoms with van der Waals surface area (Å²) in [4.78, 5) is 20.7. The van der Waals surface area contributed by atoms with Gasteiger partial charge in [-0.05, 0) is 44.0 Å². The fourth-order valence-electron chi connectivity index (χ4n) is 4.60.